The third-order valence-electron chi connectivity index (χ3n) is 2.05. The predicted molar refractivity (Wildman–Crippen MR) is 50.6 cm³/mol. The van der Waals surface area contributed by atoms with E-state index >= 15 is 0 Å². The van der Waals surface area contributed by atoms with Gasteiger partial charge in [0.15, 0.2) is 5.65 Å². The summed E-state index contributed by atoms with van der Waals surface area (Å²) in [6, 6.07) is 4.10. The van der Waals surface area contributed by atoms with Crippen LogP contribution >= 0.6 is 0 Å². The van der Waals surface area contributed by atoms with Gasteiger partial charge in [-0.3, -0.25) is 4.40 Å². The van der Waals surface area contributed by atoms with Gasteiger partial charge in [0.05, 0.1) is 0 Å². The van der Waals surface area contributed by atoms with E-state index in [4.69, 9.17) is 0 Å². The van der Waals surface area contributed by atoms with Crippen molar-refractivity contribution in [3.63, 3.8) is 0 Å². The molecule has 2 rings (SSSR count). The number of hydrogen-bond acceptors (Lipinski definition) is 3. The second-order valence-electron chi connectivity index (χ2n) is 2.95. The molecule has 2 heterocycles. The molecule has 0 saturated carbocycles. The first-order chi connectivity index (χ1) is 6.42. The van der Waals surface area contributed by atoms with Crippen LogP contribution in [0.1, 0.15) is 5.56 Å². The summed E-state index contributed by atoms with van der Waals surface area (Å²) in [6.07, 6.45) is 4.66. The smallest absolute Gasteiger partial charge is 0.163 e. The van der Waals surface area contributed by atoms with Gasteiger partial charge in [-0.2, -0.15) is 0 Å². The van der Waals surface area contributed by atoms with Crippen molar-refractivity contribution in [3.05, 3.63) is 30.2 Å². The molecule has 1 N–H and O–H groups in total. The average Bonchev–Trinajstić information content (AvgIpc) is 2.62. The minimum atomic E-state index is 0.956. The number of fused-ring (bicyclic) bond motifs is 1. The zero-order chi connectivity index (χ0) is 9.10. The summed E-state index contributed by atoms with van der Waals surface area (Å²) in [5.74, 6) is 0. The predicted octanol–water partition coefficient (Wildman–Crippen LogP) is 0.491. The number of nitrogens with zero attached hydrogens (tertiary/aromatic N) is 3. The van der Waals surface area contributed by atoms with Crippen LogP contribution in [-0.2, 0) is 6.42 Å². The molecule has 0 aliphatic rings. The fourth-order valence-corrected chi connectivity index (χ4v) is 1.36. The van der Waals surface area contributed by atoms with E-state index in [0.29, 0.717) is 0 Å². The van der Waals surface area contributed by atoms with E-state index in [9.17, 15) is 0 Å². The molecule has 0 unspecified atom stereocenters. The fourth-order valence-electron chi connectivity index (χ4n) is 1.36. The van der Waals surface area contributed by atoms with E-state index in [1.165, 1.54) is 5.56 Å². The van der Waals surface area contributed by atoms with Crippen LogP contribution in [0.2, 0.25) is 0 Å². The molecule has 68 valence electrons. The Morgan fingerprint density at radius 2 is 2.46 bits per heavy atom. The molecule has 2 aromatic heterocycles. The summed E-state index contributed by atoms with van der Waals surface area (Å²) in [5.41, 5.74) is 2.19. The maximum absolute atomic E-state index is 4.06. The van der Waals surface area contributed by atoms with E-state index in [-0.39, 0.29) is 0 Å². The van der Waals surface area contributed by atoms with Crippen molar-refractivity contribution in [2.45, 2.75) is 6.42 Å². The number of aromatic nitrogens is 3. The average molecular weight is 176 g/mol. The molecule has 2 aromatic rings. The Balaban J connectivity index is 2.37. The molecule has 0 fully saturated rings. The fraction of sp³-hybridized carbons (Fsp3) is 0.333. The van der Waals surface area contributed by atoms with Gasteiger partial charge in [-0.15, -0.1) is 10.2 Å². The molecule has 0 spiro atoms. The van der Waals surface area contributed by atoms with E-state index < -0.39 is 0 Å². The van der Waals surface area contributed by atoms with Gasteiger partial charge in [-0.1, -0.05) is 6.07 Å². The van der Waals surface area contributed by atoms with E-state index in [1.807, 2.05) is 23.7 Å². The Hall–Kier alpha value is -1.42. The summed E-state index contributed by atoms with van der Waals surface area (Å²) in [4.78, 5) is 0. The Morgan fingerprint density at radius 3 is 3.31 bits per heavy atom. The van der Waals surface area contributed by atoms with E-state index in [1.54, 1.807) is 6.33 Å². The van der Waals surface area contributed by atoms with Crippen LogP contribution in [-0.4, -0.2) is 28.2 Å². The van der Waals surface area contributed by atoms with Crippen molar-refractivity contribution in [1.82, 2.24) is 19.9 Å². The number of likely N-dealkylation sites (N-methyl/N-ethyl adjacent to an activating group) is 1. The second-order valence-corrected chi connectivity index (χ2v) is 2.95. The van der Waals surface area contributed by atoms with Gasteiger partial charge in [0.1, 0.15) is 6.33 Å². The molecule has 0 amide bonds. The van der Waals surface area contributed by atoms with Gasteiger partial charge in [0, 0.05) is 6.20 Å². The number of pyridine rings is 1. The molecule has 0 aromatic carbocycles. The topological polar surface area (TPSA) is 42.2 Å². The quantitative estimate of drug-likeness (QED) is 0.740. The standard InChI is InChI=1S/C9H12N4/c1-10-5-4-8-3-2-6-13-7-11-12-9(8)13/h2-3,6-7,10H,4-5H2,1H3. The third kappa shape index (κ3) is 1.53. The van der Waals surface area contributed by atoms with Gasteiger partial charge >= 0.3 is 0 Å². The lowest BCUT2D eigenvalue weighted by molar-refractivity contribution is 0.791. The minimum Gasteiger partial charge on any atom is -0.319 e. The Bertz CT molecular complexity index is 393. The molecular formula is C9H12N4. The Labute approximate surface area is 76.6 Å². The van der Waals surface area contributed by atoms with Gasteiger partial charge in [-0.05, 0) is 31.6 Å². The Morgan fingerprint density at radius 1 is 1.54 bits per heavy atom. The third-order valence-corrected chi connectivity index (χ3v) is 2.05. The molecule has 4 nitrogen and oxygen atoms in total. The molecule has 0 aliphatic heterocycles. The lowest BCUT2D eigenvalue weighted by atomic mass is 10.2. The SMILES string of the molecule is CNCCc1cccn2cnnc12. The maximum Gasteiger partial charge on any atom is 0.163 e. The first-order valence-corrected chi connectivity index (χ1v) is 4.33. The zero-order valence-corrected chi connectivity index (χ0v) is 7.57. The second kappa shape index (κ2) is 3.53. The molecular weight excluding hydrogens is 164 g/mol. The van der Waals surface area contributed by atoms with Crippen LogP contribution in [0.5, 0.6) is 0 Å². The lowest BCUT2D eigenvalue weighted by Gasteiger charge is -2.01. The van der Waals surface area contributed by atoms with Crippen LogP contribution in [0.15, 0.2) is 24.7 Å². The van der Waals surface area contributed by atoms with Crippen LogP contribution in [0.25, 0.3) is 5.65 Å². The van der Waals surface area contributed by atoms with E-state index in [2.05, 4.69) is 21.6 Å². The van der Waals surface area contributed by atoms with Crippen LogP contribution in [0.3, 0.4) is 0 Å². The Kier molecular flexibility index (Phi) is 2.23. The molecule has 0 atom stereocenters. The van der Waals surface area contributed by atoms with Crippen molar-refractivity contribution in [2.24, 2.45) is 0 Å². The molecule has 0 aliphatic carbocycles. The van der Waals surface area contributed by atoms with Gasteiger partial charge in [0.25, 0.3) is 0 Å². The van der Waals surface area contributed by atoms with Crippen molar-refractivity contribution >= 4 is 5.65 Å². The summed E-state index contributed by atoms with van der Waals surface area (Å²) in [6.45, 7) is 0.965. The molecule has 4 heteroatoms. The zero-order valence-electron chi connectivity index (χ0n) is 7.57. The molecule has 0 bridgehead atoms. The van der Waals surface area contributed by atoms with Gasteiger partial charge in [0.2, 0.25) is 0 Å². The monoisotopic (exact) mass is 176 g/mol. The molecule has 0 saturated heterocycles. The van der Waals surface area contributed by atoms with Crippen molar-refractivity contribution < 1.29 is 0 Å². The first kappa shape index (κ1) is 8.19. The normalized spacial score (nSPS) is 10.8. The van der Waals surface area contributed by atoms with Crippen molar-refractivity contribution in [2.75, 3.05) is 13.6 Å². The van der Waals surface area contributed by atoms with Crippen molar-refractivity contribution in [3.8, 4) is 0 Å². The number of rotatable bonds is 3. The summed E-state index contributed by atoms with van der Waals surface area (Å²) in [7, 11) is 1.95. The summed E-state index contributed by atoms with van der Waals surface area (Å²) >= 11 is 0. The maximum atomic E-state index is 4.06. The highest BCUT2D eigenvalue weighted by Crippen LogP contribution is 2.07. The number of nitrogens with one attached hydrogen (secondary N) is 1. The van der Waals surface area contributed by atoms with Crippen LogP contribution < -0.4 is 5.32 Å². The minimum absolute atomic E-state index is 0.956. The first-order valence-electron chi connectivity index (χ1n) is 4.33. The highest BCUT2D eigenvalue weighted by Gasteiger charge is 2.01. The van der Waals surface area contributed by atoms with Crippen LogP contribution in [0, 0.1) is 0 Å². The largest absolute Gasteiger partial charge is 0.319 e. The highest BCUT2D eigenvalue weighted by atomic mass is 15.2. The molecule has 0 radical (unpaired) electrons. The molecule has 13 heavy (non-hydrogen) atoms. The summed E-state index contributed by atoms with van der Waals surface area (Å²) < 4.78 is 1.94. The van der Waals surface area contributed by atoms with E-state index in [0.717, 1.165) is 18.6 Å². The van der Waals surface area contributed by atoms with Gasteiger partial charge < -0.3 is 5.32 Å². The highest BCUT2D eigenvalue weighted by molar-refractivity contribution is 5.46. The lowest BCUT2D eigenvalue weighted by Crippen LogP contribution is -2.10. The number of hydrogen-bond donors (Lipinski definition) is 1. The van der Waals surface area contributed by atoms with Gasteiger partial charge in [-0.25, -0.2) is 0 Å². The van der Waals surface area contributed by atoms with Crippen molar-refractivity contribution in [1.29, 1.82) is 0 Å². The van der Waals surface area contributed by atoms with Crippen LogP contribution in [0.4, 0.5) is 0 Å². The summed E-state index contributed by atoms with van der Waals surface area (Å²) in [5, 5.41) is 11.0.